The van der Waals surface area contributed by atoms with E-state index < -0.39 is 6.04 Å². The van der Waals surface area contributed by atoms with Gasteiger partial charge in [0, 0.05) is 0 Å². The molecule has 2 N–H and O–H groups in total. The fourth-order valence-electron chi connectivity index (χ4n) is 0.340. The van der Waals surface area contributed by atoms with Crippen molar-refractivity contribution in [2.45, 2.75) is 32.9 Å². The van der Waals surface area contributed by atoms with Gasteiger partial charge in [-0.25, -0.2) is 0 Å². The van der Waals surface area contributed by atoms with Crippen LogP contribution < -0.4 is 18.1 Å². The van der Waals surface area contributed by atoms with E-state index in [4.69, 9.17) is 10.5 Å². The number of carbonyl (C=O) groups excluding carboxylic acids is 1. The van der Waals surface area contributed by atoms with Gasteiger partial charge in [0.05, 0.1) is 6.10 Å². The van der Waals surface area contributed by atoms with Crippen molar-refractivity contribution in [3.8, 4) is 0 Å². The van der Waals surface area contributed by atoms with Crippen LogP contribution in [-0.2, 0) is 9.53 Å². The Balaban J connectivity index is -0.000000320. The first-order chi connectivity index (χ1) is 4.04. The van der Waals surface area contributed by atoms with Crippen LogP contribution in [0.2, 0.25) is 0 Å². The fraction of sp³-hybridized carbons (Fsp3) is 0.833. The summed E-state index contributed by atoms with van der Waals surface area (Å²) in [5.74, 6) is -0.343. The maximum atomic E-state index is 10.6. The first-order valence-electron chi connectivity index (χ1n) is 3.00. The van der Waals surface area contributed by atoms with E-state index in [0.717, 1.165) is 0 Å². The number of halogens is 1. The van der Waals surface area contributed by atoms with Gasteiger partial charge in [-0.1, -0.05) is 0 Å². The highest BCUT2D eigenvalue weighted by molar-refractivity contribution is 5.74. The molecule has 0 aromatic carbocycles. The molecule has 0 aliphatic heterocycles. The third-order valence-corrected chi connectivity index (χ3v) is 0.724. The van der Waals surface area contributed by atoms with Crippen molar-refractivity contribution >= 4 is 5.97 Å². The lowest BCUT2D eigenvalue weighted by atomic mass is 10.4. The van der Waals surface area contributed by atoms with Gasteiger partial charge in [0.1, 0.15) is 6.04 Å². The lowest BCUT2D eigenvalue weighted by Crippen LogP contribution is -3.00. The van der Waals surface area contributed by atoms with Crippen LogP contribution in [0.15, 0.2) is 0 Å². The molecule has 10 heavy (non-hydrogen) atoms. The second-order valence-electron chi connectivity index (χ2n) is 2.27. The van der Waals surface area contributed by atoms with Crippen molar-refractivity contribution in [3.05, 3.63) is 0 Å². The van der Waals surface area contributed by atoms with Crippen molar-refractivity contribution in [1.29, 1.82) is 0 Å². The van der Waals surface area contributed by atoms with Crippen molar-refractivity contribution in [2.24, 2.45) is 5.73 Å². The van der Waals surface area contributed by atoms with Crippen molar-refractivity contribution in [1.82, 2.24) is 0 Å². The molecule has 0 spiro atoms. The van der Waals surface area contributed by atoms with Gasteiger partial charge in [0.2, 0.25) is 0 Å². The monoisotopic (exact) mass is 167 g/mol. The number of nitrogens with two attached hydrogens (primary N) is 1. The third kappa shape index (κ3) is 5.85. The molecular formula is C6H14ClNO2. The molecule has 0 aliphatic rings. The summed E-state index contributed by atoms with van der Waals surface area (Å²) in [5, 5.41) is 0. The summed E-state index contributed by atoms with van der Waals surface area (Å²) in [7, 11) is 0. The molecule has 0 aromatic rings. The lowest BCUT2D eigenvalue weighted by Gasteiger charge is -2.08. The second kappa shape index (κ2) is 5.50. The molecule has 0 aliphatic carbocycles. The van der Waals surface area contributed by atoms with E-state index in [2.05, 4.69) is 0 Å². The zero-order valence-electron chi connectivity index (χ0n) is 7.43. The average Bonchev–Trinajstić information content (AvgIpc) is 1.63. The topological polar surface area (TPSA) is 52.3 Å². The first kappa shape index (κ1) is 12.4. The number of ether oxygens (including phenoxy) is 1. The Kier molecular flexibility index (Phi) is 6.82. The van der Waals surface area contributed by atoms with Crippen LogP contribution in [0, 0.1) is 0 Å². The SMILES string of the molecule is CC(C)OC(=O)C(C)N.[Cl-].[H+]. The minimum absolute atomic E-state index is 0. The van der Waals surface area contributed by atoms with E-state index in [-0.39, 0.29) is 25.9 Å². The predicted molar refractivity (Wildman–Crippen MR) is 36.0 cm³/mol. The summed E-state index contributed by atoms with van der Waals surface area (Å²) >= 11 is 0. The molecule has 3 nitrogen and oxygen atoms in total. The standard InChI is InChI=1S/C6H13NO2.ClH/c1-4(2)9-6(8)5(3)7;/h4-5H,7H2,1-3H3;1H. The first-order valence-corrected chi connectivity index (χ1v) is 3.00. The minimum Gasteiger partial charge on any atom is -1.00 e. The molecule has 0 saturated carbocycles. The van der Waals surface area contributed by atoms with Crippen LogP contribution in [-0.4, -0.2) is 18.1 Å². The highest BCUT2D eigenvalue weighted by Gasteiger charge is 2.09. The molecule has 0 heterocycles. The van der Waals surface area contributed by atoms with Crippen LogP contribution in [0.5, 0.6) is 0 Å². The third-order valence-electron chi connectivity index (χ3n) is 0.724. The Hall–Kier alpha value is -0.280. The summed E-state index contributed by atoms with van der Waals surface area (Å²) in [4.78, 5) is 10.6. The molecule has 0 aromatic heterocycles. The Morgan fingerprint density at radius 3 is 2.00 bits per heavy atom. The average molecular weight is 168 g/mol. The molecule has 1 unspecified atom stereocenters. The Morgan fingerprint density at radius 2 is 1.90 bits per heavy atom. The van der Waals surface area contributed by atoms with Crippen LogP contribution in [0.1, 0.15) is 22.2 Å². The smallest absolute Gasteiger partial charge is 1.00 e. The molecule has 0 bridgehead atoms. The molecule has 0 amide bonds. The summed E-state index contributed by atoms with van der Waals surface area (Å²) < 4.78 is 4.75. The summed E-state index contributed by atoms with van der Waals surface area (Å²) in [5.41, 5.74) is 5.21. The molecule has 4 heteroatoms. The quantitative estimate of drug-likeness (QED) is 0.459. The molecule has 62 valence electrons. The number of esters is 1. The van der Waals surface area contributed by atoms with Crippen LogP contribution in [0.3, 0.4) is 0 Å². The predicted octanol–water partition coefficient (Wildman–Crippen LogP) is -2.60. The van der Waals surface area contributed by atoms with Gasteiger partial charge in [0.15, 0.2) is 0 Å². The van der Waals surface area contributed by atoms with Crippen molar-refractivity contribution in [2.75, 3.05) is 0 Å². The molecule has 0 radical (unpaired) electrons. The number of carbonyl (C=O) groups is 1. The lowest BCUT2D eigenvalue weighted by molar-refractivity contribution is -0.148. The maximum absolute atomic E-state index is 10.6. The second-order valence-corrected chi connectivity index (χ2v) is 2.27. The number of hydrogen-bond donors (Lipinski definition) is 1. The van der Waals surface area contributed by atoms with Gasteiger partial charge < -0.3 is 22.9 Å². The zero-order valence-corrected chi connectivity index (χ0v) is 7.18. The largest absolute Gasteiger partial charge is 1.00 e. The Bertz CT molecular complexity index is 109. The summed E-state index contributed by atoms with van der Waals surface area (Å²) in [6.45, 7) is 5.19. The molecular weight excluding hydrogens is 154 g/mol. The molecule has 0 rings (SSSR count). The van der Waals surface area contributed by atoms with Crippen LogP contribution in [0.4, 0.5) is 0 Å². The van der Waals surface area contributed by atoms with Gasteiger partial charge >= 0.3 is 7.40 Å². The van der Waals surface area contributed by atoms with E-state index in [1.807, 2.05) is 0 Å². The van der Waals surface area contributed by atoms with E-state index in [1.165, 1.54) is 0 Å². The van der Waals surface area contributed by atoms with Crippen molar-refractivity contribution < 1.29 is 23.4 Å². The van der Waals surface area contributed by atoms with Gasteiger partial charge in [-0.2, -0.15) is 0 Å². The highest BCUT2D eigenvalue weighted by Crippen LogP contribution is 1.90. The maximum Gasteiger partial charge on any atom is 1.00 e. The minimum atomic E-state index is -0.507. The summed E-state index contributed by atoms with van der Waals surface area (Å²) in [6.07, 6.45) is -0.0662. The van der Waals surface area contributed by atoms with E-state index in [1.54, 1.807) is 20.8 Å². The Labute approximate surface area is 68.8 Å². The highest BCUT2D eigenvalue weighted by atomic mass is 35.5. The van der Waals surface area contributed by atoms with Crippen molar-refractivity contribution in [3.63, 3.8) is 0 Å². The van der Waals surface area contributed by atoms with Crippen LogP contribution in [0.25, 0.3) is 0 Å². The van der Waals surface area contributed by atoms with E-state index in [9.17, 15) is 4.79 Å². The number of hydrogen-bond acceptors (Lipinski definition) is 3. The van der Waals surface area contributed by atoms with E-state index in [0.29, 0.717) is 0 Å². The van der Waals surface area contributed by atoms with Crippen LogP contribution >= 0.6 is 0 Å². The van der Waals surface area contributed by atoms with Gasteiger partial charge in [0.25, 0.3) is 0 Å². The molecule has 0 fully saturated rings. The normalized spacial score (nSPS) is 12.1. The number of rotatable bonds is 2. The van der Waals surface area contributed by atoms with Gasteiger partial charge in [-0.05, 0) is 20.8 Å². The molecule has 0 saturated heterocycles. The van der Waals surface area contributed by atoms with Gasteiger partial charge in [-0.3, -0.25) is 4.79 Å². The fourth-order valence-corrected chi connectivity index (χ4v) is 0.340. The summed E-state index contributed by atoms with van der Waals surface area (Å²) in [6, 6.07) is -0.507. The molecule has 1 atom stereocenters. The Morgan fingerprint density at radius 1 is 1.50 bits per heavy atom. The van der Waals surface area contributed by atoms with E-state index >= 15 is 0 Å². The van der Waals surface area contributed by atoms with Gasteiger partial charge in [-0.15, -0.1) is 0 Å². The zero-order chi connectivity index (χ0) is 7.44.